The molecule has 24 heavy (non-hydrogen) atoms. The van der Waals surface area contributed by atoms with Crippen LogP contribution in [0.3, 0.4) is 0 Å². The Morgan fingerprint density at radius 3 is 2.67 bits per heavy atom. The summed E-state index contributed by atoms with van der Waals surface area (Å²) in [5, 5.41) is 1.53. The molecule has 0 spiro atoms. The number of carbonyl (C=O) groups excluding carboxylic acids is 1. The van der Waals surface area contributed by atoms with Crippen molar-refractivity contribution in [2.75, 3.05) is 5.43 Å². The third-order valence-electron chi connectivity index (χ3n) is 3.43. The molecule has 0 saturated carbocycles. The highest BCUT2D eigenvalue weighted by molar-refractivity contribution is 7.21. The number of carbonyl (C=O) groups is 1. The van der Waals surface area contributed by atoms with Gasteiger partial charge < -0.3 is 14.9 Å². The topological polar surface area (TPSA) is 73.6 Å². The zero-order chi connectivity index (χ0) is 16.2. The van der Waals surface area contributed by atoms with Crippen LogP contribution in [0.15, 0.2) is 48.5 Å². The molecule has 0 aliphatic heterocycles. The summed E-state index contributed by atoms with van der Waals surface area (Å²) in [7, 11) is 0. The van der Waals surface area contributed by atoms with Crippen LogP contribution in [-0.4, -0.2) is 6.16 Å². The summed E-state index contributed by atoms with van der Waals surface area (Å²) in [4.78, 5) is 11.9. The van der Waals surface area contributed by atoms with Crippen LogP contribution in [0.25, 0.3) is 10.1 Å². The van der Waals surface area contributed by atoms with Crippen LogP contribution >= 0.6 is 23.7 Å². The lowest BCUT2D eigenvalue weighted by atomic mass is 10.2. The van der Waals surface area contributed by atoms with Gasteiger partial charge in [0.2, 0.25) is 0 Å². The van der Waals surface area contributed by atoms with E-state index in [2.05, 4.69) is 5.43 Å². The summed E-state index contributed by atoms with van der Waals surface area (Å²) in [6.45, 7) is 2.09. The Morgan fingerprint density at radius 1 is 1.21 bits per heavy atom. The number of thiophene rings is 1. The summed E-state index contributed by atoms with van der Waals surface area (Å²) >= 11 is 1.40. The normalized spacial score (nSPS) is 10.1. The molecule has 3 N–H and O–H groups in total. The molecular formula is C17H17ClN2O3S. The zero-order valence-corrected chi connectivity index (χ0v) is 14.6. The number of rotatable bonds is 4. The smallest absolute Gasteiger partial charge is 0.429 e. The van der Waals surface area contributed by atoms with Crippen molar-refractivity contribution >= 4 is 45.7 Å². The molecule has 0 bridgehead atoms. The van der Waals surface area contributed by atoms with Crippen molar-refractivity contribution < 1.29 is 14.3 Å². The molecule has 0 fully saturated rings. The predicted molar refractivity (Wildman–Crippen MR) is 98.9 cm³/mol. The van der Waals surface area contributed by atoms with E-state index in [9.17, 15) is 4.79 Å². The largest absolute Gasteiger partial charge is 0.514 e. The number of hydrogen-bond donors (Lipinski definition) is 2. The molecule has 1 heterocycles. The molecule has 126 valence electrons. The monoisotopic (exact) mass is 364 g/mol. The van der Waals surface area contributed by atoms with E-state index in [-0.39, 0.29) is 19.0 Å². The van der Waals surface area contributed by atoms with Gasteiger partial charge in [0, 0.05) is 21.3 Å². The maximum atomic E-state index is 11.9. The first-order valence-corrected chi connectivity index (χ1v) is 7.87. The van der Waals surface area contributed by atoms with Crippen LogP contribution in [0, 0.1) is 6.92 Å². The fourth-order valence-corrected chi connectivity index (χ4v) is 3.24. The van der Waals surface area contributed by atoms with E-state index < -0.39 is 6.16 Å². The average molecular weight is 365 g/mol. The Hall–Kier alpha value is -2.28. The number of anilines is 1. The molecule has 0 unspecified atom stereocenters. The van der Waals surface area contributed by atoms with Crippen LogP contribution in [0.2, 0.25) is 0 Å². The first-order chi connectivity index (χ1) is 11.2. The molecule has 0 radical (unpaired) electrons. The molecule has 5 nitrogen and oxygen atoms in total. The molecule has 3 aromatic rings. The van der Waals surface area contributed by atoms with Gasteiger partial charge in [-0.1, -0.05) is 41.7 Å². The molecular weight excluding hydrogens is 348 g/mol. The van der Waals surface area contributed by atoms with Crippen molar-refractivity contribution in [1.82, 2.24) is 0 Å². The zero-order valence-electron chi connectivity index (χ0n) is 12.9. The minimum absolute atomic E-state index is 0. The number of hydrogen-bond acceptors (Lipinski definition) is 6. The van der Waals surface area contributed by atoms with E-state index >= 15 is 0 Å². The quantitative estimate of drug-likeness (QED) is 0.401. The number of fused-ring (bicyclic) bond motifs is 1. The molecule has 1 aromatic heterocycles. The lowest BCUT2D eigenvalue weighted by Crippen LogP contribution is -2.10. The van der Waals surface area contributed by atoms with Crippen LogP contribution < -0.4 is 16.0 Å². The Morgan fingerprint density at radius 2 is 1.96 bits per heavy atom. The summed E-state index contributed by atoms with van der Waals surface area (Å²) in [6, 6.07) is 15.2. The van der Waals surface area contributed by atoms with Gasteiger partial charge >= 0.3 is 6.16 Å². The number of nitrogen functional groups attached to an aromatic ring is 1. The van der Waals surface area contributed by atoms with Gasteiger partial charge in [-0.25, -0.2) is 4.79 Å². The number of nitrogens with one attached hydrogen (secondary N) is 1. The Kier molecular flexibility index (Phi) is 6.03. The second-order valence-electron chi connectivity index (χ2n) is 5.00. The first kappa shape index (κ1) is 18.1. The summed E-state index contributed by atoms with van der Waals surface area (Å²) in [6.07, 6.45) is -0.708. The van der Waals surface area contributed by atoms with Crippen molar-refractivity contribution in [3.05, 3.63) is 59.7 Å². The van der Waals surface area contributed by atoms with Crippen molar-refractivity contribution in [1.29, 1.82) is 0 Å². The predicted octanol–water partition coefficient (Wildman–Crippen LogP) is 4.63. The molecule has 7 heteroatoms. The maximum absolute atomic E-state index is 11.9. The highest BCUT2D eigenvalue weighted by Crippen LogP contribution is 2.38. The number of halogens is 1. The highest BCUT2D eigenvalue weighted by atomic mass is 35.5. The standard InChI is InChI=1S/C17H16N2O3S.ClH/c1-11-14-9-13(19-18)7-8-15(14)23-16(11)22-17(20)21-10-12-5-3-2-4-6-12;/h2-9,19H,10,18H2,1H3;1H. The van der Waals surface area contributed by atoms with E-state index in [0.29, 0.717) is 5.06 Å². The number of nitrogens with two attached hydrogens (primary N) is 1. The van der Waals surface area contributed by atoms with Gasteiger partial charge in [-0.15, -0.1) is 12.4 Å². The molecule has 2 aromatic carbocycles. The highest BCUT2D eigenvalue weighted by Gasteiger charge is 2.14. The average Bonchev–Trinajstić information content (AvgIpc) is 2.89. The van der Waals surface area contributed by atoms with Crippen LogP contribution in [-0.2, 0) is 11.3 Å². The fourth-order valence-electron chi connectivity index (χ4n) is 2.21. The second kappa shape index (κ2) is 8.01. The summed E-state index contributed by atoms with van der Waals surface area (Å²) < 4.78 is 11.5. The second-order valence-corrected chi connectivity index (χ2v) is 6.01. The molecule has 3 rings (SSSR count). The lowest BCUT2D eigenvalue weighted by molar-refractivity contribution is 0.0938. The van der Waals surface area contributed by atoms with Gasteiger partial charge in [-0.2, -0.15) is 0 Å². The number of aryl methyl sites for hydroxylation is 1. The first-order valence-electron chi connectivity index (χ1n) is 7.05. The van der Waals surface area contributed by atoms with Gasteiger partial charge in [0.15, 0.2) is 5.06 Å². The third kappa shape index (κ3) is 3.97. The number of benzene rings is 2. The fraction of sp³-hybridized carbons (Fsp3) is 0.118. The van der Waals surface area contributed by atoms with Crippen molar-refractivity contribution in [2.24, 2.45) is 5.84 Å². The molecule has 0 aliphatic carbocycles. The van der Waals surface area contributed by atoms with E-state index in [1.807, 2.05) is 55.5 Å². The summed E-state index contributed by atoms with van der Waals surface area (Å²) in [5.41, 5.74) is 5.21. The van der Waals surface area contributed by atoms with Crippen molar-refractivity contribution in [3.8, 4) is 5.06 Å². The van der Waals surface area contributed by atoms with Gasteiger partial charge in [-0.3, -0.25) is 5.84 Å². The van der Waals surface area contributed by atoms with Gasteiger partial charge in [0.1, 0.15) is 6.61 Å². The van der Waals surface area contributed by atoms with Crippen LogP contribution in [0.5, 0.6) is 5.06 Å². The maximum Gasteiger partial charge on any atom is 0.514 e. The van der Waals surface area contributed by atoms with Crippen molar-refractivity contribution in [3.63, 3.8) is 0 Å². The van der Waals surface area contributed by atoms with Gasteiger partial charge in [0.05, 0.1) is 0 Å². The van der Waals surface area contributed by atoms with Gasteiger partial charge in [-0.05, 0) is 30.7 Å². The molecule has 0 amide bonds. The SMILES string of the molecule is Cc1c(OC(=O)OCc2ccccc2)sc2ccc(NN)cc12.Cl. The van der Waals surface area contributed by atoms with Crippen LogP contribution in [0.4, 0.5) is 10.5 Å². The minimum atomic E-state index is -0.708. The third-order valence-corrected chi connectivity index (χ3v) is 4.59. The van der Waals surface area contributed by atoms with Gasteiger partial charge in [0.25, 0.3) is 0 Å². The van der Waals surface area contributed by atoms with E-state index in [1.165, 1.54) is 11.3 Å². The lowest BCUT2D eigenvalue weighted by Gasteiger charge is -2.05. The molecule has 0 aliphatic rings. The minimum Gasteiger partial charge on any atom is -0.429 e. The Labute approximate surface area is 149 Å². The number of ether oxygens (including phenoxy) is 2. The number of hydrazine groups is 1. The Bertz CT molecular complexity index is 836. The van der Waals surface area contributed by atoms with E-state index in [0.717, 1.165) is 26.9 Å². The summed E-state index contributed by atoms with van der Waals surface area (Å²) in [5.74, 6) is 5.42. The van der Waals surface area contributed by atoms with Crippen molar-refractivity contribution in [2.45, 2.75) is 13.5 Å². The molecule has 0 atom stereocenters. The van der Waals surface area contributed by atoms with Crippen LogP contribution in [0.1, 0.15) is 11.1 Å². The Balaban J connectivity index is 0.00000208. The van der Waals surface area contributed by atoms with E-state index in [4.69, 9.17) is 15.3 Å². The molecule has 0 saturated heterocycles. The van der Waals surface area contributed by atoms with E-state index in [1.54, 1.807) is 0 Å².